The fraction of sp³-hybridized carbons (Fsp3) is 0. The van der Waals surface area contributed by atoms with Crippen LogP contribution in [0.15, 0.2) is 200 Å². The van der Waals surface area contributed by atoms with Crippen LogP contribution in [0.3, 0.4) is 0 Å². The van der Waals surface area contributed by atoms with Gasteiger partial charge < -0.3 is 9.13 Å². The summed E-state index contributed by atoms with van der Waals surface area (Å²) in [4.78, 5) is 5.22. The molecule has 0 bridgehead atoms. The van der Waals surface area contributed by atoms with Crippen molar-refractivity contribution in [2.75, 3.05) is 0 Å². The van der Waals surface area contributed by atoms with Crippen LogP contribution in [0.2, 0.25) is 0 Å². The van der Waals surface area contributed by atoms with Gasteiger partial charge in [-0.2, -0.15) is 0 Å². The van der Waals surface area contributed by atoms with Crippen molar-refractivity contribution in [2.24, 2.45) is 0 Å². The highest BCUT2D eigenvalue weighted by atomic mass is 15.0. The Morgan fingerprint density at radius 3 is 1.61 bits per heavy atom. The van der Waals surface area contributed by atoms with E-state index in [0.717, 1.165) is 39.5 Å². The average molecular weight is 688 g/mol. The normalized spacial score (nSPS) is 11.7. The van der Waals surface area contributed by atoms with Crippen LogP contribution in [0.4, 0.5) is 0 Å². The molecule has 0 spiro atoms. The zero-order valence-corrected chi connectivity index (χ0v) is 29.4. The summed E-state index contributed by atoms with van der Waals surface area (Å²) in [7, 11) is 0. The third-order valence-electron chi connectivity index (χ3n) is 10.9. The van der Waals surface area contributed by atoms with E-state index in [1.165, 1.54) is 59.9 Å². The molecule has 0 radical (unpaired) electrons. The third kappa shape index (κ3) is 4.72. The van der Waals surface area contributed by atoms with E-state index in [1.54, 1.807) is 0 Å². The molecule has 54 heavy (non-hydrogen) atoms. The largest absolute Gasteiger partial charge is 0.309 e. The quantitative estimate of drug-likeness (QED) is 0.177. The zero-order valence-electron chi connectivity index (χ0n) is 29.4. The average Bonchev–Trinajstić information content (AvgIpc) is 3.78. The van der Waals surface area contributed by atoms with Gasteiger partial charge in [0.15, 0.2) is 0 Å². The molecule has 0 aliphatic heterocycles. The minimum Gasteiger partial charge on any atom is -0.309 e. The Morgan fingerprint density at radius 2 is 0.870 bits per heavy atom. The van der Waals surface area contributed by atoms with Crippen molar-refractivity contribution in [1.29, 1.82) is 0 Å². The van der Waals surface area contributed by atoms with Crippen LogP contribution in [0.5, 0.6) is 0 Å². The summed E-state index contributed by atoms with van der Waals surface area (Å²) in [6.07, 6.45) is 0. The van der Waals surface area contributed by atoms with Gasteiger partial charge in [-0.1, -0.05) is 146 Å². The van der Waals surface area contributed by atoms with E-state index in [2.05, 4.69) is 209 Å². The molecule has 8 aromatic carbocycles. The molecular formula is C51H33N3. The predicted octanol–water partition coefficient (Wildman–Crippen LogP) is 13.4. The van der Waals surface area contributed by atoms with Crippen molar-refractivity contribution in [2.45, 2.75) is 0 Å². The van der Waals surface area contributed by atoms with E-state index in [9.17, 15) is 0 Å². The number of nitrogens with zero attached hydrogens (tertiary/aromatic N) is 3. The first-order valence-electron chi connectivity index (χ1n) is 18.5. The summed E-state index contributed by atoms with van der Waals surface area (Å²) >= 11 is 0. The standard InChI is InChI=1S/C51H33N3/c1-4-14-34(15-5-1)38-32-44(36-17-6-2-7-18-36)52-45(33-38)37-24-27-40(28-25-37)54-46-23-13-12-22-42(46)43-29-31-48-50(51(43)54)49-41-21-11-10-16-35(41)26-30-47(49)53(48)39-19-8-3-9-20-39/h1-33H. The molecule has 0 aliphatic rings. The van der Waals surface area contributed by atoms with Gasteiger partial charge in [0.2, 0.25) is 0 Å². The van der Waals surface area contributed by atoms with Crippen LogP contribution >= 0.6 is 0 Å². The van der Waals surface area contributed by atoms with E-state index in [4.69, 9.17) is 4.98 Å². The zero-order chi connectivity index (χ0) is 35.6. The Morgan fingerprint density at radius 1 is 0.315 bits per heavy atom. The molecule has 252 valence electrons. The monoisotopic (exact) mass is 687 g/mol. The summed E-state index contributed by atoms with van der Waals surface area (Å²) in [5.41, 5.74) is 13.5. The molecule has 0 atom stereocenters. The van der Waals surface area contributed by atoms with Gasteiger partial charge in [0.1, 0.15) is 0 Å². The lowest BCUT2D eigenvalue weighted by molar-refractivity contribution is 1.17. The molecule has 3 heterocycles. The summed E-state index contributed by atoms with van der Waals surface area (Å²) in [5.74, 6) is 0. The van der Waals surface area contributed by atoms with Crippen molar-refractivity contribution < 1.29 is 0 Å². The van der Waals surface area contributed by atoms with Crippen molar-refractivity contribution >= 4 is 54.4 Å². The van der Waals surface area contributed by atoms with Crippen molar-refractivity contribution in [3.8, 4) is 45.0 Å². The van der Waals surface area contributed by atoms with Crippen LogP contribution in [0.25, 0.3) is 99.4 Å². The molecule has 11 rings (SSSR count). The number of para-hydroxylation sites is 2. The molecule has 0 fully saturated rings. The fourth-order valence-corrected chi connectivity index (χ4v) is 8.46. The molecule has 0 unspecified atom stereocenters. The minimum atomic E-state index is 0.948. The first-order valence-corrected chi connectivity index (χ1v) is 18.5. The number of hydrogen-bond donors (Lipinski definition) is 0. The molecule has 3 aromatic heterocycles. The highest BCUT2D eigenvalue weighted by Crippen LogP contribution is 2.44. The summed E-state index contributed by atoms with van der Waals surface area (Å²) in [6.45, 7) is 0. The van der Waals surface area contributed by atoms with Gasteiger partial charge in [0, 0.05) is 44.0 Å². The maximum atomic E-state index is 5.22. The van der Waals surface area contributed by atoms with Crippen molar-refractivity contribution in [1.82, 2.24) is 14.1 Å². The Labute approximate surface area is 312 Å². The first kappa shape index (κ1) is 30.4. The van der Waals surface area contributed by atoms with Crippen molar-refractivity contribution in [3.05, 3.63) is 200 Å². The molecule has 0 saturated carbocycles. The number of pyridine rings is 1. The second-order valence-corrected chi connectivity index (χ2v) is 14.0. The van der Waals surface area contributed by atoms with E-state index in [0.29, 0.717) is 0 Å². The topological polar surface area (TPSA) is 22.8 Å². The smallest absolute Gasteiger partial charge is 0.0715 e. The Balaban J connectivity index is 1.17. The maximum Gasteiger partial charge on any atom is 0.0715 e. The van der Waals surface area contributed by atoms with E-state index < -0.39 is 0 Å². The SMILES string of the molecule is c1ccc(-c2cc(-c3ccccc3)nc(-c3ccc(-n4c5ccccc5c5ccc6c(c7c8ccccc8ccc7n6-c6ccccc6)c54)cc3)c2)cc1. The molecular weight excluding hydrogens is 655 g/mol. The lowest BCUT2D eigenvalue weighted by Crippen LogP contribution is -1.96. The molecule has 0 N–H and O–H groups in total. The van der Waals surface area contributed by atoms with Gasteiger partial charge in [0.25, 0.3) is 0 Å². The summed E-state index contributed by atoms with van der Waals surface area (Å²) in [5, 5.41) is 7.51. The van der Waals surface area contributed by atoms with Crippen molar-refractivity contribution in [3.63, 3.8) is 0 Å². The molecule has 0 amide bonds. The van der Waals surface area contributed by atoms with Crippen LogP contribution in [0, 0.1) is 0 Å². The van der Waals surface area contributed by atoms with Gasteiger partial charge in [-0.3, -0.25) is 0 Å². The Kier molecular flexibility index (Phi) is 6.86. The van der Waals surface area contributed by atoms with Gasteiger partial charge >= 0.3 is 0 Å². The molecule has 3 heteroatoms. The summed E-state index contributed by atoms with van der Waals surface area (Å²) in [6, 6.07) is 71.9. The maximum absolute atomic E-state index is 5.22. The number of benzene rings is 8. The molecule has 0 saturated heterocycles. The Hall–Kier alpha value is -7.23. The van der Waals surface area contributed by atoms with E-state index >= 15 is 0 Å². The highest BCUT2D eigenvalue weighted by Gasteiger charge is 2.22. The Bertz CT molecular complexity index is 3120. The van der Waals surface area contributed by atoms with Gasteiger partial charge in [-0.15, -0.1) is 0 Å². The summed E-state index contributed by atoms with van der Waals surface area (Å²) < 4.78 is 4.90. The first-order chi connectivity index (χ1) is 26.8. The van der Waals surface area contributed by atoms with Crippen LogP contribution < -0.4 is 0 Å². The lowest BCUT2D eigenvalue weighted by Gasteiger charge is -2.13. The number of aromatic nitrogens is 3. The molecule has 3 nitrogen and oxygen atoms in total. The second kappa shape index (κ2) is 12.2. The van der Waals surface area contributed by atoms with Crippen LogP contribution in [0.1, 0.15) is 0 Å². The van der Waals surface area contributed by atoms with Gasteiger partial charge in [0.05, 0.1) is 33.5 Å². The van der Waals surface area contributed by atoms with Crippen LogP contribution in [-0.4, -0.2) is 14.1 Å². The third-order valence-corrected chi connectivity index (χ3v) is 10.9. The predicted molar refractivity (Wildman–Crippen MR) is 227 cm³/mol. The van der Waals surface area contributed by atoms with Gasteiger partial charge in [-0.25, -0.2) is 4.98 Å². The number of rotatable bonds is 5. The van der Waals surface area contributed by atoms with E-state index in [1.807, 2.05) is 0 Å². The minimum absolute atomic E-state index is 0.948. The number of hydrogen-bond acceptors (Lipinski definition) is 1. The van der Waals surface area contributed by atoms with Crippen LogP contribution in [-0.2, 0) is 0 Å². The lowest BCUT2D eigenvalue weighted by atomic mass is 10.00. The van der Waals surface area contributed by atoms with Gasteiger partial charge in [-0.05, 0) is 76.5 Å². The second-order valence-electron chi connectivity index (χ2n) is 14.0. The molecule has 11 aromatic rings. The number of fused-ring (bicyclic) bond motifs is 9. The van der Waals surface area contributed by atoms with E-state index in [-0.39, 0.29) is 0 Å². The highest BCUT2D eigenvalue weighted by molar-refractivity contribution is 6.31. The fourth-order valence-electron chi connectivity index (χ4n) is 8.46. The molecule has 0 aliphatic carbocycles.